The third kappa shape index (κ3) is 3.60. The van der Waals surface area contributed by atoms with Crippen molar-refractivity contribution < 1.29 is 9.47 Å². The number of aryl methyl sites for hydroxylation is 1. The summed E-state index contributed by atoms with van der Waals surface area (Å²) in [5, 5.41) is 8.18. The summed E-state index contributed by atoms with van der Waals surface area (Å²) >= 11 is 0. The maximum Gasteiger partial charge on any atom is 0.205 e. The van der Waals surface area contributed by atoms with Gasteiger partial charge in [-0.15, -0.1) is 10.2 Å². The predicted octanol–water partition coefficient (Wildman–Crippen LogP) is 2.28. The Bertz CT molecular complexity index is 1250. The Morgan fingerprint density at radius 2 is 2.09 bits per heavy atom. The second-order valence-electron chi connectivity index (χ2n) is 9.30. The molecule has 10 nitrogen and oxygen atoms in total. The molecule has 0 spiro atoms. The highest BCUT2D eigenvalue weighted by molar-refractivity contribution is 6.02. The number of methoxy groups -OCH3 is 1. The zero-order valence-corrected chi connectivity index (χ0v) is 19.9. The Hall–Kier alpha value is -3.79. The number of anilines is 1. The number of nitrogens with zero attached hydrogens (tertiary/aromatic N) is 6. The van der Waals surface area contributed by atoms with Gasteiger partial charge in [0.2, 0.25) is 5.96 Å². The van der Waals surface area contributed by atoms with Gasteiger partial charge < -0.3 is 30.4 Å². The molecule has 5 rings (SSSR count). The highest BCUT2D eigenvalue weighted by Crippen LogP contribution is 2.42. The molecule has 1 atom stereocenters. The van der Waals surface area contributed by atoms with Gasteiger partial charge in [-0.05, 0) is 37.1 Å². The zero-order chi connectivity index (χ0) is 24.0. The van der Waals surface area contributed by atoms with Crippen LogP contribution in [0.5, 0.6) is 5.75 Å². The van der Waals surface area contributed by atoms with E-state index in [1.54, 1.807) is 19.6 Å². The van der Waals surface area contributed by atoms with Gasteiger partial charge in [0.25, 0.3) is 0 Å². The fourth-order valence-corrected chi connectivity index (χ4v) is 4.70. The van der Waals surface area contributed by atoms with Crippen LogP contribution in [0.15, 0.2) is 64.6 Å². The molecule has 3 aliphatic rings. The van der Waals surface area contributed by atoms with Crippen molar-refractivity contribution >= 4 is 11.6 Å². The predicted molar refractivity (Wildman–Crippen MR) is 130 cm³/mol. The largest absolute Gasteiger partial charge is 0.495 e. The molecule has 4 heterocycles. The van der Waals surface area contributed by atoms with Crippen LogP contribution >= 0.6 is 0 Å². The molecule has 10 heteroatoms. The van der Waals surface area contributed by atoms with E-state index in [0.717, 1.165) is 53.5 Å². The third-order valence-corrected chi connectivity index (χ3v) is 6.60. The zero-order valence-electron chi connectivity index (χ0n) is 19.9. The number of benzene rings is 1. The number of guanidine groups is 1. The van der Waals surface area contributed by atoms with Gasteiger partial charge >= 0.3 is 0 Å². The molecule has 1 saturated heterocycles. The fraction of sp³-hybridized carbons (Fsp3) is 0.375. The van der Waals surface area contributed by atoms with Gasteiger partial charge in [-0.25, -0.2) is 4.99 Å². The van der Waals surface area contributed by atoms with Crippen molar-refractivity contribution in [3.63, 3.8) is 0 Å². The highest BCUT2D eigenvalue weighted by Gasteiger charge is 2.37. The van der Waals surface area contributed by atoms with Crippen LogP contribution in [0.3, 0.4) is 0 Å². The van der Waals surface area contributed by atoms with Crippen molar-refractivity contribution in [3.8, 4) is 17.1 Å². The van der Waals surface area contributed by atoms with Crippen LogP contribution in [0.4, 0.5) is 5.69 Å². The van der Waals surface area contributed by atoms with E-state index in [1.807, 2.05) is 34.7 Å². The summed E-state index contributed by atoms with van der Waals surface area (Å²) in [4.78, 5) is 8.43. The summed E-state index contributed by atoms with van der Waals surface area (Å²) in [6.45, 7) is 6.53. The molecule has 1 fully saturated rings. The van der Waals surface area contributed by atoms with E-state index >= 15 is 0 Å². The lowest BCUT2D eigenvalue weighted by atomic mass is 9.88. The maximum absolute atomic E-state index is 6.81. The standard InChI is InChI=1S/C24H30N8O2/c1-15-11-31(12-24(2)7-8-34-13-24)21(25)20-17(15)10-27-23(26)32(20)18-6-5-16(9-19(18)33-4)22-29-28-14-30(22)3/h5-6,9-11,14H,7-8,12-13,25H2,1-4H3,(H2,26,27). The molecule has 0 radical (unpaired) electrons. The number of nitrogens with two attached hydrogens (primary N) is 2. The first-order valence-corrected chi connectivity index (χ1v) is 11.2. The summed E-state index contributed by atoms with van der Waals surface area (Å²) in [7, 11) is 3.53. The average Bonchev–Trinajstić information content (AvgIpc) is 3.45. The van der Waals surface area contributed by atoms with Gasteiger partial charge in [0.05, 0.1) is 25.1 Å². The maximum atomic E-state index is 6.81. The van der Waals surface area contributed by atoms with Crippen LogP contribution in [-0.2, 0) is 11.8 Å². The summed E-state index contributed by atoms with van der Waals surface area (Å²) in [5.41, 5.74) is 17.7. The Morgan fingerprint density at radius 1 is 1.26 bits per heavy atom. The number of aliphatic imine (C=N–C) groups is 1. The average molecular weight is 463 g/mol. The van der Waals surface area contributed by atoms with Gasteiger partial charge in [-0.3, -0.25) is 4.90 Å². The second kappa shape index (κ2) is 8.21. The lowest BCUT2D eigenvalue weighted by Gasteiger charge is -2.40. The molecule has 0 aliphatic carbocycles. The van der Waals surface area contributed by atoms with Gasteiger partial charge in [0.1, 0.15) is 17.9 Å². The summed E-state index contributed by atoms with van der Waals surface area (Å²) < 4.78 is 13.3. The highest BCUT2D eigenvalue weighted by atomic mass is 16.5. The minimum atomic E-state index is 0.0255. The van der Waals surface area contributed by atoms with Crippen molar-refractivity contribution in [3.05, 3.63) is 59.6 Å². The van der Waals surface area contributed by atoms with Gasteiger partial charge in [-0.2, -0.15) is 0 Å². The molecule has 0 amide bonds. The van der Waals surface area contributed by atoms with E-state index in [4.69, 9.17) is 20.9 Å². The molecule has 1 unspecified atom stereocenters. The van der Waals surface area contributed by atoms with Crippen molar-refractivity contribution in [2.75, 3.05) is 31.8 Å². The molecular weight excluding hydrogens is 432 g/mol. The second-order valence-corrected chi connectivity index (χ2v) is 9.30. The summed E-state index contributed by atoms with van der Waals surface area (Å²) in [6.07, 6.45) is 6.51. The van der Waals surface area contributed by atoms with Crippen molar-refractivity contribution in [2.24, 2.45) is 28.9 Å². The van der Waals surface area contributed by atoms with Crippen LogP contribution in [0, 0.1) is 5.41 Å². The first-order chi connectivity index (χ1) is 16.3. The van der Waals surface area contributed by atoms with Crippen LogP contribution in [0.1, 0.15) is 20.3 Å². The Labute approximate surface area is 198 Å². The van der Waals surface area contributed by atoms with E-state index in [2.05, 4.69) is 40.1 Å². The smallest absolute Gasteiger partial charge is 0.205 e. The number of ether oxygens (including phenoxy) is 2. The lowest BCUT2D eigenvalue weighted by Crippen LogP contribution is -2.45. The van der Waals surface area contributed by atoms with E-state index in [9.17, 15) is 0 Å². The normalized spacial score (nSPS) is 22.4. The van der Waals surface area contributed by atoms with Crippen LogP contribution in [-0.4, -0.2) is 52.5 Å². The molecule has 0 bridgehead atoms. The van der Waals surface area contributed by atoms with Gasteiger partial charge in [0, 0.05) is 49.2 Å². The minimum absolute atomic E-state index is 0.0255. The van der Waals surface area contributed by atoms with E-state index in [1.165, 1.54) is 0 Å². The Kier molecular flexibility index (Phi) is 5.32. The quantitative estimate of drug-likeness (QED) is 0.694. The third-order valence-electron chi connectivity index (χ3n) is 6.60. The molecule has 2 aromatic rings. The molecule has 178 valence electrons. The van der Waals surface area contributed by atoms with Gasteiger partial charge in [0.15, 0.2) is 5.82 Å². The number of rotatable bonds is 5. The molecule has 4 N–H and O–H groups in total. The summed E-state index contributed by atoms with van der Waals surface area (Å²) in [6, 6.07) is 5.82. The molecule has 3 aliphatic heterocycles. The first-order valence-electron chi connectivity index (χ1n) is 11.2. The van der Waals surface area contributed by atoms with Crippen LogP contribution in [0.25, 0.3) is 11.4 Å². The van der Waals surface area contributed by atoms with Gasteiger partial charge in [-0.1, -0.05) is 6.92 Å². The van der Waals surface area contributed by atoms with Crippen molar-refractivity contribution in [1.29, 1.82) is 0 Å². The molecule has 0 saturated carbocycles. The van der Waals surface area contributed by atoms with E-state index in [0.29, 0.717) is 24.1 Å². The Balaban J connectivity index is 1.59. The Morgan fingerprint density at radius 3 is 2.76 bits per heavy atom. The number of hydrogen-bond donors (Lipinski definition) is 2. The number of allylic oxidation sites excluding steroid dienone is 1. The number of aromatic nitrogens is 3. The van der Waals surface area contributed by atoms with E-state index in [-0.39, 0.29) is 5.41 Å². The van der Waals surface area contributed by atoms with Crippen molar-refractivity contribution in [2.45, 2.75) is 20.3 Å². The number of hydrogen-bond acceptors (Lipinski definition) is 9. The minimum Gasteiger partial charge on any atom is -0.495 e. The monoisotopic (exact) mass is 462 g/mol. The molecule has 1 aromatic carbocycles. The molecule has 34 heavy (non-hydrogen) atoms. The van der Waals surface area contributed by atoms with Crippen LogP contribution in [0.2, 0.25) is 0 Å². The molecular formula is C24H30N8O2. The van der Waals surface area contributed by atoms with Crippen molar-refractivity contribution in [1.82, 2.24) is 19.7 Å². The lowest BCUT2D eigenvalue weighted by molar-refractivity contribution is 0.144. The SMILES string of the molecule is COc1cc(-c2nncn2C)ccc1N1C(N)=NC=C2C(C)=CN(CC3(C)CCOC3)C(N)=C21. The fourth-order valence-electron chi connectivity index (χ4n) is 4.70. The number of fused-ring (bicyclic) bond motifs is 1. The first kappa shape index (κ1) is 22.0. The topological polar surface area (TPSA) is 120 Å². The summed E-state index contributed by atoms with van der Waals surface area (Å²) in [5.74, 6) is 2.29. The molecule has 1 aromatic heterocycles. The van der Waals surface area contributed by atoms with E-state index < -0.39 is 0 Å². The van der Waals surface area contributed by atoms with Crippen LogP contribution < -0.4 is 21.1 Å².